The standard InChI is InChI=1S/C11H15NO.C9H17NO.C6H5F/c1-2-10-5-3-4-6-11(10)7-8-12-9-13;1-10-7-3-4-8(10)6-9(5-7)11-2;7-6-4-2-1-3-5-6/h3-6,9H,2,7-8H2,1H3,(H,12,13);7-9H,3-6H2,1-2H3;1-5H. The number of nitrogens with zero attached hydrogens (tertiary/aromatic N) is 1. The highest BCUT2D eigenvalue weighted by Crippen LogP contribution is 2.34. The van der Waals surface area contributed by atoms with E-state index in [2.05, 4.69) is 42.4 Å². The van der Waals surface area contributed by atoms with Crippen molar-refractivity contribution in [3.63, 3.8) is 0 Å². The van der Waals surface area contributed by atoms with Gasteiger partial charge in [0.15, 0.2) is 0 Å². The number of fused-ring (bicyclic) bond motifs is 2. The summed E-state index contributed by atoms with van der Waals surface area (Å²) in [6.45, 7) is 2.87. The molecule has 0 saturated carbocycles. The minimum Gasteiger partial charge on any atom is -0.381 e. The summed E-state index contributed by atoms with van der Waals surface area (Å²) < 4.78 is 17.3. The SMILES string of the molecule is CCc1ccccc1CCNC=O.COC1CC2CCC(C1)N2C.Fc1ccccc1. The highest BCUT2D eigenvalue weighted by molar-refractivity contribution is 5.46. The predicted octanol–water partition coefficient (Wildman–Crippen LogP) is 4.62. The molecular formula is C26H37FN2O2. The minimum absolute atomic E-state index is 0.178. The van der Waals surface area contributed by atoms with Gasteiger partial charge in [0, 0.05) is 25.7 Å². The van der Waals surface area contributed by atoms with Gasteiger partial charge in [-0.2, -0.15) is 0 Å². The van der Waals surface area contributed by atoms with Crippen LogP contribution in [0.1, 0.15) is 43.7 Å². The number of carbonyl (C=O) groups is 1. The molecule has 2 bridgehead atoms. The van der Waals surface area contributed by atoms with Crippen molar-refractivity contribution in [2.75, 3.05) is 20.7 Å². The Kier molecular flexibility index (Phi) is 11.3. The Bertz CT molecular complexity index is 742. The zero-order valence-electron chi connectivity index (χ0n) is 19.1. The van der Waals surface area contributed by atoms with Crippen LogP contribution in [0.3, 0.4) is 0 Å². The van der Waals surface area contributed by atoms with Crippen LogP contribution in [0.5, 0.6) is 0 Å². The molecule has 4 rings (SSSR count). The summed E-state index contributed by atoms with van der Waals surface area (Å²) in [5.41, 5.74) is 2.70. The average molecular weight is 429 g/mol. The number of piperidine rings is 1. The lowest BCUT2D eigenvalue weighted by Gasteiger charge is -2.35. The quantitative estimate of drug-likeness (QED) is 0.539. The third kappa shape index (κ3) is 8.42. The number of carbonyl (C=O) groups excluding carboxylic acids is 1. The van der Waals surface area contributed by atoms with E-state index in [4.69, 9.17) is 4.74 Å². The van der Waals surface area contributed by atoms with Crippen molar-refractivity contribution < 1.29 is 13.9 Å². The summed E-state index contributed by atoms with van der Waals surface area (Å²) >= 11 is 0. The molecule has 2 heterocycles. The fourth-order valence-corrected chi connectivity index (χ4v) is 4.38. The van der Waals surface area contributed by atoms with Gasteiger partial charge in [-0.1, -0.05) is 49.4 Å². The van der Waals surface area contributed by atoms with Crippen LogP contribution in [0.4, 0.5) is 4.39 Å². The van der Waals surface area contributed by atoms with Gasteiger partial charge >= 0.3 is 0 Å². The van der Waals surface area contributed by atoms with Gasteiger partial charge in [0.25, 0.3) is 0 Å². The van der Waals surface area contributed by atoms with Gasteiger partial charge in [-0.3, -0.25) is 4.79 Å². The van der Waals surface area contributed by atoms with Crippen molar-refractivity contribution in [3.8, 4) is 0 Å². The molecule has 0 spiro atoms. The van der Waals surface area contributed by atoms with Crippen molar-refractivity contribution in [3.05, 3.63) is 71.5 Å². The number of ether oxygens (including phenoxy) is 1. The van der Waals surface area contributed by atoms with Crippen LogP contribution < -0.4 is 5.32 Å². The summed E-state index contributed by atoms with van der Waals surface area (Å²) in [4.78, 5) is 12.6. The molecule has 5 heteroatoms. The lowest BCUT2D eigenvalue weighted by Crippen LogP contribution is -2.42. The predicted molar refractivity (Wildman–Crippen MR) is 125 cm³/mol. The first-order chi connectivity index (χ1) is 15.1. The van der Waals surface area contributed by atoms with E-state index in [9.17, 15) is 9.18 Å². The monoisotopic (exact) mass is 428 g/mol. The van der Waals surface area contributed by atoms with Crippen LogP contribution in [0, 0.1) is 5.82 Å². The van der Waals surface area contributed by atoms with Crippen molar-refractivity contribution in [1.82, 2.24) is 10.2 Å². The van der Waals surface area contributed by atoms with Crippen LogP contribution in [-0.2, 0) is 22.4 Å². The first-order valence-electron chi connectivity index (χ1n) is 11.3. The van der Waals surface area contributed by atoms with Crippen LogP contribution >= 0.6 is 0 Å². The summed E-state index contributed by atoms with van der Waals surface area (Å²) in [5, 5.41) is 2.67. The Hall–Kier alpha value is -2.24. The number of hydrogen-bond acceptors (Lipinski definition) is 3. The van der Waals surface area contributed by atoms with E-state index in [0.717, 1.165) is 37.9 Å². The van der Waals surface area contributed by atoms with E-state index in [1.807, 2.05) is 13.2 Å². The zero-order chi connectivity index (χ0) is 22.5. The molecular weight excluding hydrogens is 391 g/mol. The third-order valence-corrected chi connectivity index (χ3v) is 6.24. The van der Waals surface area contributed by atoms with Crippen molar-refractivity contribution in [1.29, 1.82) is 0 Å². The van der Waals surface area contributed by atoms with Crippen molar-refractivity contribution >= 4 is 6.41 Å². The van der Waals surface area contributed by atoms with Gasteiger partial charge < -0.3 is 15.0 Å². The second-order valence-electron chi connectivity index (χ2n) is 8.12. The molecule has 2 atom stereocenters. The fourth-order valence-electron chi connectivity index (χ4n) is 4.38. The topological polar surface area (TPSA) is 41.6 Å². The Balaban J connectivity index is 0.000000172. The van der Waals surface area contributed by atoms with Crippen LogP contribution in [-0.4, -0.2) is 50.2 Å². The summed E-state index contributed by atoms with van der Waals surface area (Å²) in [6, 6.07) is 17.9. The van der Waals surface area contributed by atoms with E-state index in [1.165, 1.54) is 48.9 Å². The second-order valence-corrected chi connectivity index (χ2v) is 8.12. The van der Waals surface area contributed by atoms with E-state index < -0.39 is 0 Å². The summed E-state index contributed by atoms with van der Waals surface area (Å²) in [5.74, 6) is -0.178. The van der Waals surface area contributed by atoms with Crippen LogP contribution in [0.25, 0.3) is 0 Å². The maximum absolute atomic E-state index is 11.9. The third-order valence-electron chi connectivity index (χ3n) is 6.24. The number of rotatable bonds is 6. The van der Waals surface area contributed by atoms with Crippen LogP contribution in [0.15, 0.2) is 54.6 Å². The number of aryl methyl sites for hydroxylation is 1. The number of nitrogens with one attached hydrogen (secondary N) is 1. The Morgan fingerprint density at radius 1 is 1.03 bits per heavy atom. The van der Waals surface area contributed by atoms with Crippen molar-refractivity contribution in [2.45, 2.75) is 63.6 Å². The van der Waals surface area contributed by atoms with Gasteiger partial charge in [-0.05, 0) is 68.8 Å². The van der Waals surface area contributed by atoms with E-state index in [-0.39, 0.29) is 5.82 Å². The molecule has 2 unspecified atom stereocenters. The molecule has 1 amide bonds. The van der Waals surface area contributed by atoms with E-state index in [0.29, 0.717) is 6.10 Å². The number of halogens is 1. The smallest absolute Gasteiger partial charge is 0.207 e. The van der Waals surface area contributed by atoms with Gasteiger partial charge in [0.05, 0.1) is 6.10 Å². The maximum Gasteiger partial charge on any atom is 0.207 e. The maximum atomic E-state index is 11.9. The second kappa shape index (κ2) is 13.9. The van der Waals surface area contributed by atoms with Crippen LogP contribution in [0.2, 0.25) is 0 Å². The zero-order valence-corrected chi connectivity index (χ0v) is 19.1. The highest BCUT2D eigenvalue weighted by Gasteiger charge is 2.38. The molecule has 2 fully saturated rings. The molecule has 2 aromatic carbocycles. The number of hydrogen-bond donors (Lipinski definition) is 1. The van der Waals surface area contributed by atoms with Gasteiger partial charge in [0.2, 0.25) is 6.41 Å². The highest BCUT2D eigenvalue weighted by atomic mass is 19.1. The normalized spacial score (nSPS) is 21.9. The molecule has 0 aliphatic carbocycles. The molecule has 31 heavy (non-hydrogen) atoms. The van der Waals surface area contributed by atoms with Crippen molar-refractivity contribution in [2.24, 2.45) is 0 Å². The first-order valence-corrected chi connectivity index (χ1v) is 11.3. The lowest BCUT2D eigenvalue weighted by atomic mass is 10.0. The largest absolute Gasteiger partial charge is 0.381 e. The Morgan fingerprint density at radius 2 is 1.61 bits per heavy atom. The molecule has 2 aliphatic rings. The van der Waals surface area contributed by atoms with Gasteiger partial charge in [-0.15, -0.1) is 0 Å². The van der Waals surface area contributed by atoms with Gasteiger partial charge in [0.1, 0.15) is 5.82 Å². The Morgan fingerprint density at radius 3 is 2.10 bits per heavy atom. The van der Waals surface area contributed by atoms with Gasteiger partial charge in [-0.25, -0.2) is 4.39 Å². The van der Waals surface area contributed by atoms with E-state index in [1.54, 1.807) is 18.2 Å². The average Bonchev–Trinajstić information content (AvgIpc) is 3.01. The lowest BCUT2D eigenvalue weighted by molar-refractivity contribution is -0.109. The van der Waals surface area contributed by atoms with E-state index >= 15 is 0 Å². The molecule has 4 nitrogen and oxygen atoms in total. The summed E-state index contributed by atoms with van der Waals surface area (Å²) in [7, 11) is 4.10. The molecule has 2 aromatic rings. The number of benzene rings is 2. The Labute approximate surface area is 186 Å². The minimum atomic E-state index is -0.178. The fraction of sp³-hybridized carbons (Fsp3) is 0.500. The number of amides is 1. The molecule has 0 radical (unpaired) electrons. The first kappa shape index (κ1) is 25.0. The molecule has 170 valence electrons. The molecule has 0 aromatic heterocycles. The molecule has 2 saturated heterocycles. The number of methoxy groups -OCH3 is 1. The molecule has 2 aliphatic heterocycles. The molecule has 1 N–H and O–H groups in total. The summed E-state index contributed by atoms with van der Waals surface area (Å²) in [6.07, 6.45) is 8.55.